The van der Waals surface area contributed by atoms with Crippen molar-refractivity contribution in [2.24, 2.45) is 0 Å². The molecule has 61 heavy (non-hydrogen) atoms. The lowest BCUT2D eigenvalue weighted by Gasteiger charge is -2.39. The fraction of sp³-hybridized carbons (Fsp3) is 0.961. The molecule has 10 nitrogen and oxygen atoms in total. The molecule has 1 saturated heterocycles. The van der Waals surface area contributed by atoms with Crippen LogP contribution < -0.4 is 0 Å². The molecule has 0 bridgehead atoms. The highest BCUT2D eigenvalue weighted by Crippen LogP contribution is 2.23. The van der Waals surface area contributed by atoms with Gasteiger partial charge in [0, 0.05) is 12.8 Å². The molecule has 0 amide bonds. The fourth-order valence-corrected chi connectivity index (χ4v) is 8.37. The van der Waals surface area contributed by atoms with Gasteiger partial charge in [0.1, 0.15) is 31.0 Å². The largest absolute Gasteiger partial charge is 0.462 e. The Morgan fingerprint density at radius 1 is 0.443 bits per heavy atom. The molecule has 1 rings (SSSR count). The third-order valence-corrected chi connectivity index (χ3v) is 12.5. The second kappa shape index (κ2) is 42.6. The van der Waals surface area contributed by atoms with Gasteiger partial charge >= 0.3 is 11.9 Å². The molecule has 1 fully saturated rings. The van der Waals surface area contributed by atoms with E-state index in [4.69, 9.17) is 18.9 Å². The van der Waals surface area contributed by atoms with Gasteiger partial charge in [-0.15, -0.1) is 0 Å². The Balaban J connectivity index is 2.23. The van der Waals surface area contributed by atoms with E-state index in [1.54, 1.807) is 0 Å². The zero-order chi connectivity index (χ0) is 44.4. The molecule has 0 saturated carbocycles. The molecule has 4 N–H and O–H groups in total. The second-order valence-corrected chi connectivity index (χ2v) is 18.3. The van der Waals surface area contributed by atoms with Gasteiger partial charge < -0.3 is 39.4 Å². The number of hydrogen-bond acceptors (Lipinski definition) is 10. The van der Waals surface area contributed by atoms with E-state index in [1.165, 1.54) is 186 Å². The van der Waals surface area contributed by atoms with Crippen LogP contribution in [0.25, 0.3) is 0 Å². The third-order valence-electron chi connectivity index (χ3n) is 12.5. The minimum Gasteiger partial charge on any atom is -0.462 e. The zero-order valence-electron chi connectivity index (χ0n) is 39.7. The van der Waals surface area contributed by atoms with Crippen molar-refractivity contribution >= 4 is 11.9 Å². The van der Waals surface area contributed by atoms with Gasteiger partial charge in [-0.3, -0.25) is 9.59 Å². The van der Waals surface area contributed by atoms with Crippen LogP contribution in [-0.2, 0) is 28.5 Å². The molecule has 0 aromatic rings. The average Bonchev–Trinajstić information content (AvgIpc) is 3.26. The molecule has 0 aromatic heterocycles. The summed E-state index contributed by atoms with van der Waals surface area (Å²) in [5.74, 6) is -0.785. The first-order valence-corrected chi connectivity index (χ1v) is 26.1. The topological polar surface area (TPSA) is 152 Å². The summed E-state index contributed by atoms with van der Waals surface area (Å²) in [5.41, 5.74) is 0. The molecular weight excluding hydrogens is 773 g/mol. The number of hydrogen-bond donors (Lipinski definition) is 4. The van der Waals surface area contributed by atoms with Crippen molar-refractivity contribution in [3.05, 3.63) is 0 Å². The van der Waals surface area contributed by atoms with Crippen molar-refractivity contribution < 1.29 is 49.0 Å². The normalized spacial score (nSPS) is 19.6. The minimum absolute atomic E-state index is 0.208. The van der Waals surface area contributed by atoms with Gasteiger partial charge in [0.15, 0.2) is 12.4 Å². The number of carbonyl (C=O) groups is 2. The molecular formula is C51H98O10. The van der Waals surface area contributed by atoms with Gasteiger partial charge in [0.05, 0.1) is 13.2 Å². The molecule has 1 aliphatic rings. The van der Waals surface area contributed by atoms with Crippen molar-refractivity contribution in [3.8, 4) is 0 Å². The Kier molecular flexibility index (Phi) is 40.3. The predicted octanol–water partition coefficient (Wildman–Crippen LogP) is 12.1. The van der Waals surface area contributed by atoms with Crippen molar-refractivity contribution in [2.45, 2.75) is 295 Å². The van der Waals surface area contributed by atoms with E-state index in [0.717, 1.165) is 38.5 Å². The monoisotopic (exact) mass is 871 g/mol. The Morgan fingerprint density at radius 3 is 1.11 bits per heavy atom. The van der Waals surface area contributed by atoms with Gasteiger partial charge in [0.25, 0.3) is 0 Å². The molecule has 362 valence electrons. The molecule has 10 heteroatoms. The molecule has 1 heterocycles. The van der Waals surface area contributed by atoms with Gasteiger partial charge in [0.2, 0.25) is 0 Å². The molecule has 2 unspecified atom stereocenters. The van der Waals surface area contributed by atoms with E-state index in [9.17, 15) is 30.0 Å². The van der Waals surface area contributed by atoms with Crippen LogP contribution in [-0.4, -0.2) is 89.0 Å². The molecule has 0 aromatic carbocycles. The fourth-order valence-electron chi connectivity index (χ4n) is 8.37. The summed E-state index contributed by atoms with van der Waals surface area (Å²) in [4.78, 5) is 25.4. The van der Waals surface area contributed by atoms with Crippen LogP contribution in [0, 0.1) is 0 Å². The van der Waals surface area contributed by atoms with Gasteiger partial charge in [-0.1, -0.05) is 232 Å². The van der Waals surface area contributed by atoms with Crippen LogP contribution in [0.4, 0.5) is 0 Å². The first kappa shape index (κ1) is 57.7. The summed E-state index contributed by atoms with van der Waals surface area (Å²) in [6.45, 7) is 3.48. The maximum atomic E-state index is 12.8. The molecule has 0 aliphatic carbocycles. The Bertz CT molecular complexity index is 964. The molecule has 6 atom stereocenters. The zero-order valence-corrected chi connectivity index (χ0v) is 39.7. The molecule has 0 spiro atoms. The third kappa shape index (κ3) is 33.8. The molecule has 1 aliphatic heterocycles. The summed E-state index contributed by atoms with van der Waals surface area (Å²) in [6.07, 6.45) is 38.2. The lowest BCUT2D eigenvalue weighted by molar-refractivity contribution is -0.305. The number of ether oxygens (including phenoxy) is 4. The summed E-state index contributed by atoms with van der Waals surface area (Å²) < 4.78 is 22.3. The summed E-state index contributed by atoms with van der Waals surface area (Å²) in [6, 6.07) is 0. The number of rotatable bonds is 45. The SMILES string of the molecule is CCCCCCCCCCCCCCCCCCCCCC(=O)O[C@H](COC(=O)CCCCCCCCCCCCCCCCCCC)CO[C@@H]1O[C@H](CO)[C@H](O)C(O)C1O. The maximum Gasteiger partial charge on any atom is 0.306 e. The van der Waals surface area contributed by atoms with E-state index < -0.39 is 49.4 Å². The Morgan fingerprint density at radius 2 is 0.770 bits per heavy atom. The van der Waals surface area contributed by atoms with Crippen molar-refractivity contribution in [1.82, 2.24) is 0 Å². The quantitative estimate of drug-likeness (QED) is 0.0344. The van der Waals surface area contributed by atoms with Gasteiger partial charge in [-0.25, -0.2) is 0 Å². The Hall–Kier alpha value is -1.30. The smallest absolute Gasteiger partial charge is 0.306 e. The van der Waals surface area contributed by atoms with Crippen LogP contribution >= 0.6 is 0 Å². The first-order chi connectivity index (χ1) is 29.8. The summed E-state index contributed by atoms with van der Waals surface area (Å²) in [7, 11) is 0. The van der Waals surface area contributed by atoms with E-state index in [1.807, 2.05) is 0 Å². The number of carbonyl (C=O) groups excluding carboxylic acids is 2. The number of unbranched alkanes of at least 4 members (excludes halogenated alkanes) is 34. The van der Waals surface area contributed by atoms with Gasteiger partial charge in [-0.05, 0) is 12.8 Å². The number of esters is 2. The summed E-state index contributed by atoms with van der Waals surface area (Å²) >= 11 is 0. The van der Waals surface area contributed by atoms with Crippen LogP contribution in [0.1, 0.15) is 258 Å². The van der Waals surface area contributed by atoms with Crippen LogP contribution in [0.3, 0.4) is 0 Å². The van der Waals surface area contributed by atoms with Crippen LogP contribution in [0.5, 0.6) is 0 Å². The lowest BCUT2D eigenvalue weighted by atomic mass is 9.99. The second-order valence-electron chi connectivity index (χ2n) is 18.3. The predicted molar refractivity (Wildman–Crippen MR) is 247 cm³/mol. The van der Waals surface area contributed by atoms with Gasteiger partial charge in [-0.2, -0.15) is 0 Å². The standard InChI is InChI=1S/C51H98O10/c1-3-5-7-9-11-13-15-17-19-21-22-24-26-28-30-32-34-36-38-40-47(54)60-44(43-59-51-50(57)49(56)48(55)45(41-52)61-51)42-58-46(53)39-37-35-33-31-29-27-25-23-20-18-16-14-12-10-8-6-4-2/h44-45,48-52,55-57H,3-43H2,1-2H3/t44-,45-,48+,49?,50?,51-/m1/s1. The molecule has 0 radical (unpaired) electrons. The minimum atomic E-state index is -1.59. The lowest BCUT2D eigenvalue weighted by Crippen LogP contribution is -2.59. The number of aliphatic hydroxyl groups excluding tert-OH is 4. The highest BCUT2D eigenvalue weighted by atomic mass is 16.7. The Labute approximate surface area is 374 Å². The van der Waals surface area contributed by atoms with Crippen LogP contribution in [0.15, 0.2) is 0 Å². The van der Waals surface area contributed by atoms with Crippen molar-refractivity contribution in [1.29, 1.82) is 0 Å². The highest BCUT2D eigenvalue weighted by Gasteiger charge is 2.44. The van der Waals surface area contributed by atoms with Crippen molar-refractivity contribution in [2.75, 3.05) is 19.8 Å². The van der Waals surface area contributed by atoms with E-state index in [-0.39, 0.29) is 32.0 Å². The number of aliphatic hydroxyl groups is 4. The maximum absolute atomic E-state index is 12.8. The van der Waals surface area contributed by atoms with E-state index >= 15 is 0 Å². The van der Waals surface area contributed by atoms with Crippen molar-refractivity contribution in [3.63, 3.8) is 0 Å². The first-order valence-electron chi connectivity index (χ1n) is 26.1. The van der Waals surface area contributed by atoms with E-state index in [0.29, 0.717) is 6.42 Å². The van der Waals surface area contributed by atoms with Crippen LogP contribution in [0.2, 0.25) is 0 Å². The van der Waals surface area contributed by atoms with E-state index in [2.05, 4.69) is 13.8 Å². The summed E-state index contributed by atoms with van der Waals surface area (Å²) in [5, 5.41) is 40.2. The highest BCUT2D eigenvalue weighted by molar-refractivity contribution is 5.70. The average molecular weight is 871 g/mol.